The lowest BCUT2D eigenvalue weighted by molar-refractivity contribution is -0.143. The Kier molecular flexibility index (Phi) is 7.80. The third-order valence-corrected chi connectivity index (χ3v) is 3.74. The van der Waals surface area contributed by atoms with Gasteiger partial charge in [0.15, 0.2) is 0 Å². The predicted molar refractivity (Wildman–Crippen MR) is 105 cm³/mol. The fourth-order valence-corrected chi connectivity index (χ4v) is 2.48. The Bertz CT molecular complexity index is 745. The largest absolute Gasteiger partial charge is 0.491 e. The highest BCUT2D eigenvalue weighted by molar-refractivity contribution is 6.52. The van der Waals surface area contributed by atoms with E-state index in [2.05, 4.69) is 4.99 Å². The molecule has 0 radical (unpaired) electrons. The van der Waals surface area contributed by atoms with Crippen molar-refractivity contribution in [3.63, 3.8) is 0 Å². The maximum Gasteiger partial charge on any atom is 0.305 e. The SMILES string of the molecule is CC/N=C1\C=CC=C(OCCCC(=O)OCC)\C1=N\c1ccccc1C. The molecule has 1 aromatic rings. The molecule has 1 aromatic carbocycles. The second kappa shape index (κ2) is 10.3. The zero-order chi connectivity index (χ0) is 18.8. The van der Waals surface area contributed by atoms with Crippen LogP contribution in [0.15, 0.2) is 58.2 Å². The van der Waals surface area contributed by atoms with Gasteiger partial charge in [-0.3, -0.25) is 9.79 Å². The maximum atomic E-state index is 11.4. The molecule has 1 aliphatic carbocycles. The molecule has 0 N–H and O–H groups in total. The number of rotatable bonds is 8. The number of para-hydroxylation sites is 1. The minimum absolute atomic E-state index is 0.198. The van der Waals surface area contributed by atoms with Crippen LogP contribution in [0.1, 0.15) is 32.3 Å². The number of benzene rings is 1. The number of allylic oxidation sites excluding steroid dienone is 4. The molecule has 0 aromatic heterocycles. The number of aliphatic imine (C=N–C) groups is 2. The van der Waals surface area contributed by atoms with Gasteiger partial charge >= 0.3 is 5.97 Å². The van der Waals surface area contributed by atoms with Crippen LogP contribution in [0.3, 0.4) is 0 Å². The standard InChI is InChI=1S/C21H26N2O3/c1-4-22-18-12-8-13-19(26-15-9-14-20(24)25-5-2)21(18)23-17-11-7-6-10-16(17)3/h6-8,10-13H,4-5,9,14-15H2,1-3H3/b22-18+,23-21+. The van der Waals surface area contributed by atoms with E-state index >= 15 is 0 Å². The van der Waals surface area contributed by atoms with Crippen LogP contribution < -0.4 is 0 Å². The molecule has 0 spiro atoms. The molecule has 26 heavy (non-hydrogen) atoms. The van der Waals surface area contributed by atoms with Gasteiger partial charge in [0.25, 0.3) is 0 Å². The van der Waals surface area contributed by atoms with Crippen molar-refractivity contribution in [3.05, 3.63) is 53.8 Å². The van der Waals surface area contributed by atoms with E-state index in [0.717, 1.165) is 22.7 Å². The average Bonchev–Trinajstić information content (AvgIpc) is 2.63. The molecule has 0 amide bonds. The number of nitrogens with zero attached hydrogens (tertiary/aromatic N) is 2. The number of carbonyl (C=O) groups is 1. The summed E-state index contributed by atoms with van der Waals surface area (Å²) in [6.07, 6.45) is 6.67. The number of esters is 1. The lowest BCUT2D eigenvalue weighted by Crippen LogP contribution is -2.20. The van der Waals surface area contributed by atoms with Gasteiger partial charge < -0.3 is 9.47 Å². The summed E-state index contributed by atoms with van der Waals surface area (Å²) in [4.78, 5) is 20.7. The van der Waals surface area contributed by atoms with Crippen LogP contribution in [0.2, 0.25) is 0 Å². The summed E-state index contributed by atoms with van der Waals surface area (Å²) in [5, 5.41) is 0. The number of carbonyl (C=O) groups excluding carboxylic acids is 1. The molecule has 0 atom stereocenters. The van der Waals surface area contributed by atoms with Gasteiger partial charge in [-0.05, 0) is 51.0 Å². The van der Waals surface area contributed by atoms with E-state index in [1.165, 1.54) is 0 Å². The molecule has 5 heteroatoms. The zero-order valence-electron chi connectivity index (χ0n) is 15.7. The first kappa shape index (κ1) is 19.6. The van der Waals surface area contributed by atoms with Crippen molar-refractivity contribution in [1.29, 1.82) is 0 Å². The summed E-state index contributed by atoms with van der Waals surface area (Å²) in [5.41, 5.74) is 3.51. The number of aryl methyl sites for hydroxylation is 1. The third-order valence-electron chi connectivity index (χ3n) is 3.74. The van der Waals surface area contributed by atoms with Crippen molar-refractivity contribution >= 4 is 23.1 Å². The Balaban J connectivity index is 2.13. The summed E-state index contributed by atoms with van der Waals surface area (Å²) in [7, 11) is 0. The van der Waals surface area contributed by atoms with Crippen LogP contribution in [0.5, 0.6) is 0 Å². The van der Waals surface area contributed by atoms with Crippen molar-refractivity contribution < 1.29 is 14.3 Å². The summed E-state index contributed by atoms with van der Waals surface area (Å²) in [6.45, 7) is 7.31. The highest BCUT2D eigenvalue weighted by atomic mass is 16.5. The van der Waals surface area contributed by atoms with Crippen LogP contribution in [0, 0.1) is 6.92 Å². The Morgan fingerprint density at radius 2 is 2.00 bits per heavy atom. The molecule has 0 heterocycles. The van der Waals surface area contributed by atoms with Gasteiger partial charge in [-0.2, -0.15) is 0 Å². The normalized spacial score (nSPS) is 16.7. The molecule has 0 fully saturated rings. The van der Waals surface area contributed by atoms with Gasteiger partial charge in [-0.15, -0.1) is 0 Å². The first-order valence-corrected chi connectivity index (χ1v) is 9.02. The van der Waals surface area contributed by atoms with E-state index in [-0.39, 0.29) is 5.97 Å². The van der Waals surface area contributed by atoms with E-state index in [1.807, 2.05) is 56.3 Å². The van der Waals surface area contributed by atoms with Gasteiger partial charge in [0, 0.05) is 13.0 Å². The lowest BCUT2D eigenvalue weighted by atomic mass is 10.1. The van der Waals surface area contributed by atoms with E-state index in [0.29, 0.717) is 38.4 Å². The van der Waals surface area contributed by atoms with Crippen molar-refractivity contribution in [1.82, 2.24) is 0 Å². The second-order valence-electron chi connectivity index (χ2n) is 5.75. The van der Waals surface area contributed by atoms with Crippen LogP contribution in [-0.2, 0) is 14.3 Å². The maximum absolute atomic E-state index is 11.4. The van der Waals surface area contributed by atoms with E-state index < -0.39 is 0 Å². The molecule has 1 aliphatic rings. The molecule has 0 unspecified atom stereocenters. The molecule has 5 nitrogen and oxygen atoms in total. The molecular weight excluding hydrogens is 328 g/mol. The summed E-state index contributed by atoms with van der Waals surface area (Å²) in [6, 6.07) is 7.95. The number of hydrogen-bond acceptors (Lipinski definition) is 5. The first-order chi connectivity index (χ1) is 12.7. The van der Waals surface area contributed by atoms with Gasteiger partial charge in [0.2, 0.25) is 0 Å². The van der Waals surface area contributed by atoms with E-state index in [9.17, 15) is 4.79 Å². The molecule has 0 saturated carbocycles. The van der Waals surface area contributed by atoms with Crippen LogP contribution >= 0.6 is 0 Å². The van der Waals surface area contributed by atoms with Gasteiger partial charge in [0.05, 0.1) is 24.6 Å². The zero-order valence-corrected chi connectivity index (χ0v) is 15.7. The fourth-order valence-electron chi connectivity index (χ4n) is 2.48. The molecular formula is C21H26N2O3. The molecule has 0 bridgehead atoms. The molecule has 0 saturated heterocycles. The van der Waals surface area contributed by atoms with Crippen molar-refractivity contribution in [2.24, 2.45) is 9.98 Å². The van der Waals surface area contributed by atoms with Crippen molar-refractivity contribution in [3.8, 4) is 0 Å². The summed E-state index contributed by atoms with van der Waals surface area (Å²) >= 11 is 0. The van der Waals surface area contributed by atoms with Crippen LogP contribution in [0.25, 0.3) is 0 Å². The Morgan fingerprint density at radius 3 is 2.73 bits per heavy atom. The topological polar surface area (TPSA) is 60.2 Å². The Hall–Kier alpha value is -2.69. The van der Waals surface area contributed by atoms with Crippen molar-refractivity contribution in [2.75, 3.05) is 19.8 Å². The lowest BCUT2D eigenvalue weighted by Gasteiger charge is -2.16. The third kappa shape index (κ3) is 5.69. The smallest absolute Gasteiger partial charge is 0.305 e. The predicted octanol–water partition coefficient (Wildman–Crippen LogP) is 4.34. The highest BCUT2D eigenvalue weighted by Crippen LogP contribution is 2.21. The average molecular weight is 354 g/mol. The van der Waals surface area contributed by atoms with Crippen LogP contribution in [0.4, 0.5) is 5.69 Å². The fraction of sp³-hybridized carbons (Fsp3) is 0.381. The van der Waals surface area contributed by atoms with E-state index in [1.54, 1.807) is 6.92 Å². The minimum atomic E-state index is -0.198. The van der Waals surface area contributed by atoms with Gasteiger partial charge in [-0.1, -0.05) is 24.3 Å². The monoisotopic (exact) mass is 354 g/mol. The summed E-state index contributed by atoms with van der Waals surface area (Å²) in [5.74, 6) is 0.475. The van der Waals surface area contributed by atoms with Crippen LogP contribution in [-0.4, -0.2) is 37.2 Å². The summed E-state index contributed by atoms with van der Waals surface area (Å²) < 4.78 is 10.8. The Morgan fingerprint density at radius 1 is 1.19 bits per heavy atom. The van der Waals surface area contributed by atoms with Gasteiger partial charge in [-0.25, -0.2) is 4.99 Å². The number of ether oxygens (including phenoxy) is 2. The highest BCUT2D eigenvalue weighted by Gasteiger charge is 2.17. The molecule has 2 rings (SSSR count). The molecule has 0 aliphatic heterocycles. The van der Waals surface area contributed by atoms with Gasteiger partial charge in [0.1, 0.15) is 11.5 Å². The number of hydrogen-bond donors (Lipinski definition) is 0. The van der Waals surface area contributed by atoms with Crippen molar-refractivity contribution in [2.45, 2.75) is 33.6 Å². The molecule has 138 valence electrons. The second-order valence-corrected chi connectivity index (χ2v) is 5.75. The van der Waals surface area contributed by atoms with E-state index in [4.69, 9.17) is 14.5 Å². The first-order valence-electron chi connectivity index (χ1n) is 9.02. The minimum Gasteiger partial charge on any atom is -0.491 e. The quantitative estimate of drug-likeness (QED) is 0.396. The Labute approximate surface area is 155 Å².